The number of fused-ring (bicyclic) bond motifs is 2. The van der Waals surface area contributed by atoms with Gasteiger partial charge >= 0.3 is 0 Å². The SMILES string of the molecule is Cc1cc(C(=O)Cn2cnc3ccc(Br)cc3c2=O)c(C)n1-c1ccc2c(c1)OCO2. The van der Waals surface area contributed by atoms with E-state index in [1.54, 1.807) is 12.1 Å². The molecule has 0 atom stereocenters. The third kappa shape index (κ3) is 3.33. The van der Waals surface area contributed by atoms with Gasteiger partial charge in [-0.25, -0.2) is 4.98 Å². The molecular weight excluding hydrogens is 462 g/mol. The van der Waals surface area contributed by atoms with Gasteiger partial charge in [-0.05, 0) is 50.2 Å². The first-order valence-electron chi connectivity index (χ1n) is 9.69. The normalized spacial score (nSPS) is 12.5. The lowest BCUT2D eigenvalue weighted by Gasteiger charge is -2.11. The quantitative estimate of drug-likeness (QED) is 0.410. The first-order valence-corrected chi connectivity index (χ1v) is 10.5. The van der Waals surface area contributed by atoms with E-state index in [-0.39, 0.29) is 24.7 Å². The standard InChI is InChI=1S/C23H18BrN3O4/c1-13-7-17(14(2)27(13)16-4-6-21-22(9-16)31-12-30-21)20(28)10-26-11-25-19-5-3-15(24)8-18(19)23(26)29/h3-9,11H,10,12H2,1-2H3. The molecular formula is C23H18BrN3O4. The van der Waals surface area contributed by atoms with Crippen LogP contribution in [0, 0.1) is 13.8 Å². The van der Waals surface area contributed by atoms with E-state index < -0.39 is 0 Å². The van der Waals surface area contributed by atoms with E-state index in [1.165, 1.54) is 10.9 Å². The summed E-state index contributed by atoms with van der Waals surface area (Å²) in [7, 11) is 0. The Kier molecular flexibility index (Phi) is 4.66. The van der Waals surface area contributed by atoms with E-state index in [4.69, 9.17) is 9.47 Å². The molecule has 5 rings (SSSR count). The van der Waals surface area contributed by atoms with Crippen LogP contribution in [0.2, 0.25) is 0 Å². The van der Waals surface area contributed by atoms with E-state index in [1.807, 2.05) is 48.7 Å². The van der Waals surface area contributed by atoms with Gasteiger partial charge in [0.25, 0.3) is 5.56 Å². The Bertz CT molecular complexity index is 1420. The van der Waals surface area contributed by atoms with Gasteiger partial charge in [0.1, 0.15) is 0 Å². The van der Waals surface area contributed by atoms with Crippen molar-refractivity contribution in [1.29, 1.82) is 0 Å². The number of aromatic nitrogens is 3. The molecule has 0 radical (unpaired) electrons. The summed E-state index contributed by atoms with van der Waals surface area (Å²) < 4.78 is 15.0. The minimum Gasteiger partial charge on any atom is -0.454 e. The number of benzene rings is 2. The number of aryl methyl sites for hydroxylation is 1. The molecule has 4 aromatic rings. The lowest BCUT2D eigenvalue weighted by molar-refractivity contribution is 0.0970. The maximum absolute atomic E-state index is 13.1. The third-order valence-corrected chi connectivity index (χ3v) is 5.94. The Labute approximate surface area is 186 Å². The van der Waals surface area contributed by atoms with Crippen molar-refractivity contribution < 1.29 is 14.3 Å². The van der Waals surface area contributed by atoms with Crippen LogP contribution in [0.25, 0.3) is 16.6 Å². The molecule has 0 saturated heterocycles. The van der Waals surface area contributed by atoms with Crippen molar-refractivity contribution in [3.8, 4) is 17.2 Å². The zero-order valence-corrected chi connectivity index (χ0v) is 18.5. The van der Waals surface area contributed by atoms with Crippen molar-refractivity contribution in [3.63, 3.8) is 0 Å². The van der Waals surface area contributed by atoms with E-state index in [0.29, 0.717) is 28.0 Å². The van der Waals surface area contributed by atoms with Gasteiger partial charge in [0.05, 0.1) is 23.8 Å². The van der Waals surface area contributed by atoms with Crippen LogP contribution in [0.5, 0.6) is 11.5 Å². The van der Waals surface area contributed by atoms with Gasteiger partial charge in [-0.1, -0.05) is 15.9 Å². The van der Waals surface area contributed by atoms with Crippen molar-refractivity contribution in [2.24, 2.45) is 0 Å². The van der Waals surface area contributed by atoms with E-state index >= 15 is 0 Å². The number of Topliss-reactive ketones (excluding diaryl/α,β-unsaturated/α-hetero) is 1. The molecule has 3 heterocycles. The number of nitrogens with zero attached hydrogens (tertiary/aromatic N) is 3. The largest absolute Gasteiger partial charge is 0.454 e. The van der Waals surface area contributed by atoms with Gasteiger partial charge < -0.3 is 14.0 Å². The highest BCUT2D eigenvalue weighted by Crippen LogP contribution is 2.35. The molecule has 0 saturated carbocycles. The fourth-order valence-corrected chi connectivity index (χ4v) is 4.31. The van der Waals surface area contributed by atoms with Crippen molar-refractivity contribution in [2.45, 2.75) is 20.4 Å². The summed E-state index contributed by atoms with van der Waals surface area (Å²) in [5.74, 6) is 1.23. The topological polar surface area (TPSA) is 75.4 Å². The van der Waals surface area contributed by atoms with Crippen LogP contribution in [-0.4, -0.2) is 26.7 Å². The molecule has 2 aromatic heterocycles. The molecule has 1 aliphatic heterocycles. The second-order valence-electron chi connectivity index (χ2n) is 7.42. The van der Waals surface area contributed by atoms with Crippen LogP contribution < -0.4 is 15.0 Å². The van der Waals surface area contributed by atoms with E-state index in [2.05, 4.69) is 20.9 Å². The molecule has 0 amide bonds. The van der Waals surface area contributed by atoms with Crippen molar-refractivity contribution in [2.75, 3.05) is 6.79 Å². The number of hydrogen-bond donors (Lipinski definition) is 0. The zero-order valence-electron chi connectivity index (χ0n) is 16.9. The highest BCUT2D eigenvalue weighted by Gasteiger charge is 2.20. The summed E-state index contributed by atoms with van der Waals surface area (Å²) in [6.07, 6.45) is 1.42. The molecule has 7 nitrogen and oxygen atoms in total. The van der Waals surface area contributed by atoms with Crippen LogP contribution in [0.4, 0.5) is 0 Å². The molecule has 0 fully saturated rings. The van der Waals surface area contributed by atoms with Crippen molar-refractivity contribution in [3.05, 3.63) is 80.6 Å². The summed E-state index contributed by atoms with van der Waals surface area (Å²) >= 11 is 3.38. The Morgan fingerprint density at radius 2 is 1.90 bits per heavy atom. The summed E-state index contributed by atoms with van der Waals surface area (Å²) in [6.45, 7) is 3.95. The molecule has 0 unspecified atom stereocenters. The molecule has 0 bridgehead atoms. The third-order valence-electron chi connectivity index (χ3n) is 5.45. The van der Waals surface area contributed by atoms with Gasteiger partial charge in [-0.15, -0.1) is 0 Å². The van der Waals surface area contributed by atoms with E-state index in [9.17, 15) is 9.59 Å². The van der Waals surface area contributed by atoms with Gasteiger partial charge in [-0.3, -0.25) is 14.2 Å². The second-order valence-corrected chi connectivity index (χ2v) is 8.34. The Morgan fingerprint density at radius 1 is 1.10 bits per heavy atom. The van der Waals surface area contributed by atoms with Crippen LogP contribution in [0.3, 0.4) is 0 Å². The summed E-state index contributed by atoms with van der Waals surface area (Å²) in [4.78, 5) is 30.3. The average Bonchev–Trinajstić information content (AvgIpc) is 3.33. The number of ether oxygens (including phenoxy) is 2. The first-order chi connectivity index (χ1) is 14.9. The van der Waals surface area contributed by atoms with Crippen molar-refractivity contribution >= 4 is 32.6 Å². The monoisotopic (exact) mass is 479 g/mol. The molecule has 1 aliphatic rings. The van der Waals surface area contributed by atoms with Gasteiger partial charge in [0.2, 0.25) is 6.79 Å². The number of hydrogen-bond acceptors (Lipinski definition) is 5. The van der Waals surface area contributed by atoms with Crippen molar-refractivity contribution in [1.82, 2.24) is 14.1 Å². The fourth-order valence-electron chi connectivity index (χ4n) is 3.95. The van der Waals surface area contributed by atoms with Gasteiger partial charge in [0.15, 0.2) is 17.3 Å². The van der Waals surface area contributed by atoms with Crippen LogP contribution in [0.1, 0.15) is 21.7 Å². The Balaban J connectivity index is 1.50. The lowest BCUT2D eigenvalue weighted by Crippen LogP contribution is -2.25. The van der Waals surface area contributed by atoms with Crippen LogP contribution in [0.15, 0.2) is 58.1 Å². The fraction of sp³-hybridized carbons (Fsp3) is 0.174. The number of halogens is 1. The van der Waals surface area contributed by atoms with Gasteiger partial charge in [0, 0.05) is 33.2 Å². The minimum absolute atomic E-state index is 0.0836. The lowest BCUT2D eigenvalue weighted by atomic mass is 10.1. The maximum atomic E-state index is 13.1. The molecule has 31 heavy (non-hydrogen) atoms. The summed E-state index contributed by atoms with van der Waals surface area (Å²) in [6, 6.07) is 12.8. The minimum atomic E-state index is -0.246. The summed E-state index contributed by atoms with van der Waals surface area (Å²) in [5.41, 5.74) is 3.50. The van der Waals surface area contributed by atoms with Crippen LogP contribution in [-0.2, 0) is 6.54 Å². The number of ketones is 1. The number of rotatable bonds is 4. The average molecular weight is 480 g/mol. The Morgan fingerprint density at radius 3 is 2.74 bits per heavy atom. The van der Waals surface area contributed by atoms with Crippen LogP contribution >= 0.6 is 15.9 Å². The molecule has 0 N–H and O–H groups in total. The van der Waals surface area contributed by atoms with E-state index in [0.717, 1.165) is 21.5 Å². The predicted molar refractivity (Wildman–Crippen MR) is 119 cm³/mol. The summed E-state index contributed by atoms with van der Waals surface area (Å²) in [5, 5.41) is 0.468. The predicted octanol–water partition coefficient (Wildman–Crippen LogP) is 4.18. The van der Waals surface area contributed by atoms with Gasteiger partial charge in [-0.2, -0.15) is 0 Å². The Hall–Kier alpha value is -3.39. The molecule has 156 valence electrons. The first kappa shape index (κ1) is 19.6. The second kappa shape index (κ2) is 7.39. The highest BCUT2D eigenvalue weighted by atomic mass is 79.9. The number of carbonyl (C=O) groups is 1. The molecule has 0 spiro atoms. The molecule has 2 aromatic carbocycles. The molecule has 0 aliphatic carbocycles. The molecule has 8 heteroatoms. The smallest absolute Gasteiger partial charge is 0.261 e. The maximum Gasteiger partial charge on any atom is 0.261 e. The highest BCUT2D eigenvalue weighted by molar-refractivity contribution is 9.10. The zero-order chi connectivity index (χ0) is 21.7. The number of carbonyl (C=O) groups excluding carboxylic acids is 1.